The molecule has 2 aromatic rings. The van der Waals surface area contributed by atoms with Crippen molar-refractivity contribution in [3.8, 4) is 0 Å². The first-order chi connectivity index (χ1) is 19.2. The monoisotopic (exact) mass is 544 g/mol. The van der Waals surface area contributed by atoms with Crippen LogP contribution in [0.3, 0.4) is 0 Å². The van der Waals surface area contributed by atoms with Crippen LogP contribution >= 0.6 is 0 Å². The highest BCUT2D eigenvalue weighted by Gasteiger charge is 2.65. The molecule has 0 amide bonds. The van der Waals surface area contributed by atoms with Crippen molar-refractivity contribution in [3.05, 3.63) is 54.7 Å². The SMILES string of the molecule is C=C(CCC(C)C1CCC2[C@@H]3C(CC(O)C12C)C1(C)CC[C@@H](NC)C[C@H]1C[C@@H]3O)Nc1cccc2ccccc12. The summed E-state index contributed by atoms with van der Waals surface area (Å²) >= 11 is 0. The molecule has 4 aliphatic carbocycles. The van der Waals surface area contributed by atoms with Crippen LogP contribution in [0.1, 0.15) is 78.6 Å². The Hall–Kier alpha value is -1.88. The molecule has 40 heavy (non-hydrogen) atoms. The molecule has 0 spiro atoms. The van der Waals surface area contributed by atoms with Gasteiger partial charge < -0.3 is 20.8 Å². The van der Waals surface area contributed by atoms with E-state index < -0.39 is 0 Å². The molecule has 0 aliphatic heterocycles. The van der Waals surface area contributed by atoms with Gasteiger partial charge in [0.2, 0.25) is 0 Å². The van der Waals surface area contributed by atoms with Crippen LogP contribution < -0.4 is 10.6 Å². The van der Waals surface area contributed by atoms with Crippen LogP contribution in [-0.4, -0.2) is 35.5 Å². The third kappa shape index (κ3) is 4.53. The van der Waals surface area contributed by atoms with E-state index in [1.165, 1.54) is 36.5 Å². The molecule has 0 saturated heterocycles. The predicted molar refractivity (Wildman–Crippen MR) is 166 cm³/mol. The van der Waals surface area contributed by atoms with E-state index in [-0.39, 0.29) is 23.0 Å². The topological polar surface area (TPSA) is 64.5 Å². The lowest BCUT2D eigenvalue weighted by molar-refractivity contribution is -0.202. The Bertz CT molecular complexity index is 1220. The molecule has 4 heteroatoms. The molecule has 4 saturated carbocycles. The lowest BCUT2D eigenvalue weighted by Gasteiger charge is -2.63. The normalized spacial score (nSPS) is 41.5. The molecule has 4 fully saturated rings. The van der Waals surface area contributed by atoms with Crippen molar-refractivity contribution in [2.75, 3.05) is 12.4 Å². The van der Waals surface area contributed by atoms with E-state index in [0.717, 1.165) is 43.5 Å². The smallest absolute Gasteiger partial charge is 0.0602 e. The van der Waals surface area contributed by atoms with Gasteiger partial charge in [0.1, 0.15) is 0 Å². The van der Waals surface area contributed by atoms with Gasteiger partial charge in [-0.2, -0.15) is 0 Å². The van der Waals surface area contributed by atoms with E-state index in [1.54, 1.807) is 0 Å². The number of rotatable bonds is 7. The Balaban J connectivity index is 1.14. The van der Waals surface area contributed by atoms with Crippen molar-refractivity contribution in [1.29, 1.82) is 0 Å². The van der Waals surface area contributed by atoms with Crippen LogP contribution in [0.4, 0.5) is 5.69 Å². The van der Waals surface area contributed by atoms with Gasteiger partial charge in [-0.15, -0.1) is 0 Å². The number of aliphatic hydroxyl groups is 2. The molecule has 4 N–H and O–H groups in total. The highest BCUT2D eigenvalue weighted by atomic mass is 16.3. The second-order valence-electron chi connectivity index (χ2n) is 14.6. The van der Waals surface area contributed by atoms with Crippen molar-refractivity contribution < 1.29 is 10.2 Å². The van der Waals surface area contributed by atoms with E-state index in [0.29, 0.717) is 41.5 Å². The summed E-state index contributed by atoms with van der Waals surface area (Å²) in [6.07, 6.45) is 9.22. The fourth-order valence-corrected chi connectivity index (χ4v) is 10.6. The maximum Gasteiger partial charge on any atom is 0.0602 e. The minimum atomic E-state index is -0.282. The number of hydrogen-bond donors (Lipinski definition) is 4. The van der Waals surface area contributed by atoms with Crippen LogP contribution in [0, 0.1) is 46.3 Å². The van der Waals surface area contributed by atoms with Gasteiger partial charge in [-0.25, -0.2) is 0 Å². The van der Waals surface area contributed by atoms with Crippen LogP contribution in [0.2, 0.25) is 0 Å². The van der Waals surface area contributed by atoms with Gasteiger partial charge in [-0.1, -0.05) is 63.7 Å². The predicted octanol–water partition coefficient (Wildman–Crippen LogP) is 7.37. The Morgan fingerprint density at radius 2 is 1.77 bits per heavy atom. The summed E-state index contributed by atoms with van der Waals surface area (Å²) in [5.41, 5.74) is 2.32. The lowest BCUT2D eigenvalue weighted by atomic mass is 9.43. The lowest BCUT2D eigenvalue weighted by Crippen LogP contribution is -2.62. The molecule has 0 radical (unpaired) electrons. The standard InChI is InChI=1S/C36H52N2O2/c1-22(13-14-23(2)38-31-12-8-10-24-9-6-7-11-27(24)31)28-15-16-29-34-30(21-33(40)36(28,29)4)35(3)18-17-26(37-5)19-25(35)20-32(34)39/h6-12,22,25-26,28-30,32-34,37-40H,2,13-21H2,1,3-5H3/t22?,25-,26+,28?,29?,30?,32-,33?,34+,35?,36?/m0/s1. The molecular formula is C36H52N2O2. The van der Waals surface area contributed by atoms with Crippen LogP contribution in [-0.2, 0) is 0 Å². The number of fused-ring (bicyclic) bond motifs is 6. The van der Waals surface area contributed by atoms with Crippen LogP contribution in [0.15, 0.2) is 54.7 Å². The molecule has 11 atom stereocenters. The highest BCUT2D eigenvalue weighted by Crippen LogP contribution is 2.68. The molecule has 218 valence electrons. The average molecular weight is 545 g/mol. The van der Waals surface area contributed by atoms with Gasteiger partial charge in [0.15, 0.2) is 0 Å². The number of hydrogen-bond acceptors (Lipinski definition) is 4. The molecule has 2 aromatic carbocycles. The Labute approximate surface area is 242 Å². The number of allylic oxidation sites excluding steroid dienone is 1. The molecular weight excluding hydrogens is 492 g/mol. The summed E-state index contributed by atoms with van der Waals surface area (Å²) in [6.45, 7) is 11.7. The molecule has 0 heterocycles. The fraction of sp³-hybridized carbons (Fsp3) is 0.667. The maximum absolute atomic E-state index is 11.9. The summed E-state index contributed by atoms with van der Waals surface area (Å²) in [6, 6.07) is 15.5. The third-order valence-corrected chi connectivity index (χ3v) is 13.0. The second-order valence-corrected chi connectivity index (χ2v) is 14.6. The molecule has 4 aliphatic rings. The van der Waals surface area contributed by atoms with Gasteiger partial charge in [-0.3, -0.25) is 0 Å². The molecule has 0 bridgehead atoms. The minimum absolute atomic E-state index is 0.114. The Kier molecular flexibility index (Phi) is 7.59. The van der Waals surface area contributed by atoms with E-state index >= 15 is 0 Å². The average Bonchev–Trinajstić information content (AvgIpc) is 3.31. The van der Waals surface area contributed by atoms with Crippen LogP contribution in [0.25, 0.3) is 10.8 Å². The van der Waals surface area contributed by atoms with Crippen molar-refractivity contribution >= 4 is 16.5 Å². The van der Waals surface area contributed by atoms with Crippen molar-refractivity contribution in [2.24, 2.45) is 46.3 Å². The summed E-state index contributed by atoms with van der Waals surface area (Å²) < 4.78 is 0. The van der Waals surface area contributed by atoms with Crippen molar-refractivity contribution in [2.45, 2.75) is 96.8 Å². The molecule has 6 rings (SSSR count). The zero-order chi connectivity index (χ0) is 28.2. The third-order valence-electron chi connectivity index (χ3n) is 13.0. The second kappa shape index (κ2) is 10.7. The van der Waals surface area contributed by atoms with Crippen molar-refractivity contribution in [1.82, 2.24) is 5.32 Å². The Morgan fingerprint density at radius 1 is 1.00 bits per heavy atom. The summed E-state index contributed by atoms with van der Waals surface area (Å²) in [5.74, 6) is 2.73. The van der Waals surface area contributed by atoms with E-state index in [2.05, 4.69) is 87.5 Å². The number of aliphatic hydroxyl groups excluding tert-OH is 2. The number of anilines is 1. The summed E-state index contributed by atoms with van der Waals surface area (Å²) in [4.78, 5) is 0. The van der Waals surface area contributed by atoms with Gasteiger partial charge in [0.25, 0.3) is 0 Å². The largest absolute Gasteiger partial charge is 0.393 e. The fourth-order valence-electron chi connectivity index (χ4n) is 10.6. The first-order valence-electron chi connectivity index (χ1n) is 16.1. The van der Waals surface area contributed by atoms with Crippen LogP contribution in [0.5, 0.6) is 0 Å². The van der Waals surface area contributed by atoms with Gasteiger partial charge in [0, 0.05) is 22.8 Å². The maximum atomic E-state index is 11.9. The highest BCUT2D eigenvalue weighted by molar-refractivity contribution is 5.94. The van der Waals surface area contributed by atoms with Crippen molar-refractivity contribution in [3.63, 3.8) is 0 Å². The Morgan fingerprint density at radius 3 is 2.58 bits per heavy atom. The zero-order valence-electron chi connectivity index (χ0n) is 25.2. The molecule has 7 unspecified atom stereocenters. The number of benzene rings is 2. The molecule has 4 nitrogen and oxygen atoms in total. The van der Waals surface area contributed by atoms with Gasteiger partial charge in [0.05, 0.1) is 12.2 Å². The van der Waals surface area contributed by atoms with E-state index in [4.69, 9.17) is 0 Å². The minimum Gasteiger partial charge on any atom is -0.393 e. The molecule has 0 aromatic heterocycles. The number of nitrogens with one attached hydrogen (secondary N) is 2. The first kappa shape index (κ1) is 28.2. The van der Waals surface area contributed by atoms with E-state index in [1.807, 2.05) is 0 Å². The van der Waals surface area contributed by atoms with Gasteiger partial charge in [-0.05, 0) is 123 Å². The first-order valence-corrected chi connectivity index (χ1v) is 16.1. The van der Waals surface area contributed by atoms with E-state index in [9.17, 15) is 10.2 Å². The van der Waals surface area contributed by atoms with Gasteiger partial charge >= 0.3 is 0 Å². The quantitative estimate of drug-likeness (QED) is 0.294. The zero-order valence-corrected chi connectivity index (χ0v) is 25.2. The summed E-state index contributed by atoms with van der Waals surface area (Å²) in [5, 5.41) is 33.2. The summed E-state index contributed by atoms with van der Waals surface area (Å²) in [7, 11) is 2.08.